The zero-order valence-corrected chi connectivity index (χ0v) is 24.3. The lowest BCUT2D eigenvalue weighted by atomic mass is 9.68. The van der Waals surface area contributed by atoms with E-state index >= 15 is 0 Å². The van der Waals surface area contributed by atoms with E-state index in [1.165, 1.54) is 16.0 Å². The maximum Gasteiger partial charge on any atom is 0.303 e. The number of carboxylic acid groups (broad SMARTS) is 1. The number of aromatic hydroxyl groups is 1. The molecule has 2 aliphatic heterocycles. The first kappa shape index (κ1) is 29.8. The zero-order valence-electron chi connectivity index (χ0n) is 24.3. The smallest absolute Gasteiger partial charge is 0.303 e. The quantitative estimate of drug-likeness (QED) is 0.124. The molecule has 0 saturated carbocycles. The normalized spacial score (nSPS) is 23.8. The monoisotopic (exact) mass is 571 g/mol. The Hall–Kier alpha value is -3.71. The number of amides is 2. The highest BCUT2D eigenvalue weighted by Crippen LogP contribution is 2.51. The van der Waals surface area contributed by atoms with E-state index in [4.69, 9.17) is 9.84 Å². The van der Waals surface area contributed by atoms with E-state index in [0.717, 1.165) is 42.4 Å². The van der Waals surface area contributed by atoms with Gasteiger partial charge in [-0.1, -0.05) is 73.9 Å². The molecule has 4 atom stereocenters. The second-order valence-electron chi connectivity index (χ2n) is 11.7. The molecule has 2 aromatic carbocycles. The van der Waals surface area contributed by atoms with E-state index in [9.17, 15) is 19.5 Å². The molecule has 42 heavy (non-hydrogen) atoms. The fourth-order valence-electron chi connectivity index (χ4n) is 7.06. The number of aliphatic carboxylic acids is 1. The van der Waals surface area contributed by atoms with Crippen molar-refractivity contribution in [1.82, 2.24) is 4.90 Å². The molecule has 0 spiro atoms. The SMILES string of the molecule is CCCC1=C2[C@@H](CC/C(=C/c3ccccc3O)c3ccccc3)OC[C@@H]2[C@@H]2C(=O)N(CCCCCC(=O)O)C(=O)[C@@H]2C1. The molecule has 0 bridgehead atoms. The minimum atomic E-state index is -0.822. The van der Waals surface area contributed by atoms with Crippen molar-refractivity contribution in [1.29, 1.82) is 0 Å². The number of imide groups is 1. The number of rotatable bonds is 13. The molecule has 2 amide bonds. The van der Waals surface area contributed by atoms with Gasteiger partial charge in [0, 0.05) is 24.4 Å². The molecule has 2 N–H and O–H groups in total. The Labute approximate surface area is 247 Å². The van der Waals surface area contributed by atoms with Gasteiger partial charge in [-0.2, -0.15) is 0 Å². The number of phenols is 1. The van der Waals surface area contributed by atoms with Crippen molar-refractivity contribution in [2.24, 2.45) is 17.8 Å². The van der Waals surface area contributed by atoms with Crippen molar-refractivity contribution in [3.05, 3.63) is 76.9 Å². The molecule has 222 valence electrons. The lowest BCUT2D eigenvalue weighted by Gasteiger charge is -2.32. The summed E-state index contributed by atoms with van der Waals surface area (Å²) in [5.74, 6) is -1.52. The molecule has 5 rings (SSSR count). The highest BCUT2D eigenvalue weighted by molar-refractivity contribution is 6.06. The first-order chi connectivity index (χ1) is 20.4. The van der Waals surface area contributed by atoms with E-state index in [0.29, 0.717) is 38.8 Å². The first-order valence-corrected chi connectivity index (χ1v) is 15.3. The summed E-state index contributed by atoms with van der Waals surface area (Å²) in [7, 11) is 0. The molecule has 2 aromatic rings. The lowest BCUT2D eigenvalue weighted by Crippen LogP contribution is -2.34. The van der Waals surface area contributed by atoms with Crippen LogP contribution in [0, 0.1) is 17.8 Å². The predicted molar refractivity (Wildman–Crippen MR) is 161 cm³/mol. The average Bonchev–Trinajstić information content (AvgIpc) is 3.51. The molecule has 0 unspecified atom stereocenters. The molecule has 0 aromatic heterocycles. The number of fused-ring (bicyclic) bond motifs is 3. The van der Waals surface area contributed by atoms with Crippen LogP contribution in [0.4, 0.5) is 0 Å². The van der Waals surface area contributed by atoms with Crippen LogP contribution in [-0.4, -0.2) is 52.2 Å². The summed E-state index contributed by atoms with van der Waals surface area (Å²) in [5.41, 5.74) is 5.49. The molecular weight excluding hydrogens is 530 g/mol. The number of hydrogen-bond acceptors (Lipinski definition) is 5. The fourth-order valence-corrected chi connectivity index (χ4v) is 7.06. The molecule has 2 fully saturated rings. The molecule has 2 saturated heterocycles. The Morgan fingerprint density at radius 2 is 1.74 bits per heavy atom. The van der Waals surface area contributed by atoms with Gasteiger partial charge in [0.05, 0.1) is 24.5 Å². The Morgan fingerprint density at radius 3 is 2.48 bits per heavy atom. The van der Waals surface area contributed by atoms with Gasteiger partial charge in [-0.3, -0.25) is 19.3 Å². The Kier molecular flexibility index (Phi) is 9.58. The van der Waals surface area contributed by atoms with Crippen LogP contribution in [0.3, 0.4) is 0 Å². The summed E-state index contributed by atoms with van der Waals surface area (Å²) in [6.07, 6.45) is 7.86. The van der Waals surface area contributed by atoms with Crippen molar-refractivity contribution in [2.75, 3.05) is 13.2 Å². The van der Waals surface area contributed by atoms with Gasteiger partial charge in [0.2, 0.25) is 11.8 Å². The van der Waals surface area contributed by atoms with Crippen molar-refractivity contribution in [2.45, 2.75) is 70.8 Å². The van der Waals surface area contributed by atoms with Gasteiger partial charge in [0.15, 0.2) is 0 Å². The van der Waals surface area contributed by atoms with Crippen LogP contribution in [0.15, 0.2) is 65.7 Å². The summed E-state index contributed by atoms with van der Waals surface area (Å²) in [6, 6.07) is 17.5. The van der Waals surface area contributed by atoms with Crippen molar-refractivity contribution in [3.63, 3.8) is 0 Å². The number of carbonyl (C=O) groups excluding carboxylic acids is 2. The number of likely N-dealkylation sites (tertiary alicyclic amines) is 1. The number of hydrogen-bond donors (Lipinski definition) is 2. The maximum atomic E-state index is 13.6. The molecule has 2 heterocycles. The van der Waals surface area contributed by atoms with Gasteiger partial charge < -0.3 is 14.9 Å². The minimum Gasteiger partial charge on any atom is -0.507 e. The number of phenolic OH excluding ortho intramolecular Hbond substituents is 1. The zero-order chi connectivity index (χ0) is 29.6. The number of ether oxygens (including phenoxy) is 1. The van der Waals surface area contributed by atoms with Gasteiger partial charge in [0.1, 0.15) is 5.75 Å². The van der Waals surface area contributed by atoms with Gasteiger partial charge in [-0.15, -0.1) is 0 Å². The molecule has 0 radical (unpaired) electrons. The van der Waals surface area contributed by atoms with Crippen LogP contribution < -0.4 is 0 Å². The largest absolute Gasteiger partial charge is 0.507 e. The molecule has 7 heteroatoms. The first-order valence-electron chi connectivity index (χ1n) is 15.3. The highest BCUT2D eigenvalue weighted by atomic mass is 16.5. The second kappa shape index (κ2) is 13.5. The molecule has 7 nitrogen and oxygen atoms in total. The number of carbonyl (C=O) groups is 3. The summed E-state index contributed by atoms with van der Waals surface area (Å²) < 4.78 is 6.43. The van der Waals surface area contributed by atoms with Crippen molar-refractivity contribution in [3.8, 4) is 5.75 Å². The van der Waals surface area contributed by atoms with Crippen molar-refractivity contribution >= 4 is 29.4 Å². The Balaban J connectivity index is 1.33. The Morgan fingerprint density at radius 1 is 0.976 bits per heavy atom. The molecule has 3 aliphatic rings. The number of unbranched alkanes of at least 4 members (excludes halogenated alkanes) is 2. The van der Waals surface area contributed by atoms with Crippen LogP contribution in [0.25, 0.3) is 11.6 Å². The van der Waals surface area contributed by atoms with E-state index in [1.54, 1.807) is 6.07 Å². The maximum absolute atomic E-state index is 13.6. The molecular formula is C35H41NO6. The van der Waals surface area contributed by atoms with Gasteiger partial charge in [-0.05, 0) is 67.4 Å². The highest BCUT2D eigenvalue weighted by Gasteiger charge is 2.56. The number of benzene rings is 2. The average molecular weight is 572 g/mol. The second-order valence-corrected chi connectivity index (χ2v) is 11.7. The van der Waals surface area contributed by atoms with E-state index < -0.39 is 5.97 Å². The summed E-state index contributed by atoms with van der Waals surface area (Å²) in [6.45, 7) is 2.95. The predicted octanol–water partition coefficient (Wildman–Crippen LogP) is 6.47. The van der Waals surface area contributed by atoms with E-state index in [1.807, 2.05) is 42.5 Å². The van der Waals surface area contributed by atoms with E-state index in [2.05, 4.69) is 19.1 Å². The summed E-state index contributed by atoms with van der Waals surface area (Å²) in [5, 5.41) is 19.3. The van der Waals surface area contributed by atoms with Gasteiger partial charge in [-0.25, -0.2) is 0 Å². The van der Waals surface area contributed by atoms with Gasteiger partial charge >= 0.3 is 5.97 Å². The van der Waals surface area contributed by atoms with Crippen LogP contribution in [0.5, 0.6) is 5.75 Å². The standard InChI is InChI=1S/C35H41NO6/c1-2-11-26-21-27-33(35(41)36(34(27)40)19-10-4-7-16-31(38)39)28-22-42-30(32(26)28)18-17-24(23-12-5-3-6-13-23)20-25-14-8-9-15-29(25)37/h3,5-6,8-9,12-15,20,27-28,30,33,37H,2,4,7,10-11,16-19,21-22H2,1H3,(H,38,39)/b24-20-/t27-,28+,30-,33-/m1/s1. The van der Waals surface area contributed by atoms with Crippen LogP contribution in [0.1, 0.15) is 75.8 Å². The van der Waals surface area contributed by atoms with Crippen LogP contribution >= 0.6 is 0 Å². The van der Waals surface area contributed by atoms with Crippen LogP contribution in [-0.2, 0) is 19.1 Å². The summed E-state index contributed by atoms with van der Waals surface area (Å²) in [4.78, 5) is 39.3. The summed E-state index contributed by atoms with van der Waals surface area (Å²) >= 11 is 0. The Bertz CT molecular complexity index is 1360. The van der Waals surface area contributed by atoms with Gasteiger partial charge in [0.25, 0.3) is 0 Å². The minimum absolute atomic E-state index is 0.0729. The number of allylic oxidation sites excluding steroid dienone is 2. The topological polar surface area (TPSA) is 104 Å². The third-order valence-corrected chi connectivity index (χ3v) is 9.01. The third kappa shape index (κ3) is 6.36. The van der Waals surface area contributed by atoms with Crippen molar-refractivity contribution < 1.29 is 29.3 Å². The lowest BCUT2D eigenvalue weighted by molar-refractivity contribution is -0.141. The van der Waals surface area contributed by atoms with E-state index in [-0.39, 0.29) is 47.8 Å². The number of carboxylic acids is 1. The molecule has 1 aliphatic carbocycles. The number of nitrogens with zero attached hydrogens (tertiary/aromatic N) is 1. The number of para-hydroxylation sites is 1. The third-order valence-electron chi connectivity index (χ3n) is 9.01. The van der Waals surface area contributed by atoms with Crippen LogP contribution in [0.2, 0.25) is 0 Å². The fraction of sp³-hybridized carbons (Fsp3) is 0.457.